The molecule has 0 radical (unpaired) electrons. The molecule has 0 spiro atoms. The van der Waals surface area contributed by atoms with E-state index in [-0.39, 0.29) is 24.0 Å². The lowest BCUT2D eigenvalue weighted by Crippen LogP contribution is -2.64. The first kappa shape index (κ1) is 23.3. The minimum atomic E-state index is -0.632. The number of anilines is 1. The maximum absolute atomic E-state index is 13.3. The molecular weight excluding hydrogens is 456 g/mol. The molecule has 0 unspecified atom stereocenters. The zero-order valence-electron chi connectivity index (χ0n) is 19.8. The fourth-order valence-electron chi connectivity index (χ4n) is 7.38. The molecule has 1 aromatic heterocycles. The molecule has 6 rings (SSSR count). The van der Waals surface area contributed by atoms with E-state index in [1.807, 2.05) is 0 Å². The first-order chi connectivity index (χ1) is 16.2. The number of aryl methyl sites for hydroxylation is 1. The molecule has 2 atom stereocenters. The van der Waals surface area contributed by atoms with Gasteiger partial charge < -0.3 is 20.1 Å². The fraction of sp³-hybridized carbons (Fsp3) is 0.680. The second kappa shape index (κ2) is 8.66. The number of fused-ring (bicyclic) bond motifs is 1. The maximum atomic E-state index is 13.3. The molecule has 0 aliphatic heterocycles. The molecule has 8 nitrogen and oxygen atoms in total. The summed E-state index contributed by atoms with van der Waals surface area (Å²) >= 11 is 1.40. The van der Waals surface area contributed by atoms with Crippen molar-refractivity contribution < 1.29 is 28.7 Å². The summed E-state index contributed by atoms with van der Waals surface area (Å²) in [6, 6.07) is 0. The molecule has 34 heavy (non-hydrogen) atoms. The Balaban J connectivity index is 1.25. The van der Waals surface area contributed by atoms with Crippen molar-refractivity contribution in [1.82, 2.24) is 5.32 Å². The van der Waals surface area contributed by atoms with Crippen molar-refractivity contribution in [2.45, 2.75) is 77.2 Å². The average Bonchev–Trinajstić information content (AvgIpc) is 3.30. The third-order valence-electron chi connectivity index (χ3n) is 7.92. The summed E-state index contributed by atoms with van der Waals surface area (Å²) in [5, 5.41) is 6.40. The number of rotatable bonds is 7. The summed E-state index contributed by atoms with van der Waals surface area (Å²) in [6.45, 7) is 3.15. The van der Waals surface area contributed by atoms with Crippen LogP contribution in [0.2, 0.25) is 0 Å². The Labute approximate surface area is 203 Å². The van der Waals surface area contributed by atoms with Gasteiger partial charge in [0.05, 0.1) is 17.6 Å². The number of thiophene rings is 1. The van der Waals surface area contributed by atoms with Crippen molar-refractivity contribution in [3.63, 3.8) is 0 Å². The number of ether oxygens (including phenoxy) is 2. The van der Waals surface area contributed by atoms with E-state index in [9.17, 15) is 19.2 Å². The number of amides is 2. The highest BCUT2D eigenvalue weighted by Crippen LogP contribution is 2.62. The lowest BCUT2D eigenvalue weighted by atomic mass is 9.47. The van der Waals surface area contributed by atoms with Crippen LogP contribution < -0.4 is 10.6 Å². The van der Waals surface area contributed by atoms with Gasteiger partial charge in [-0.05, 0) is 82.1 Å². The van der Waals surface area contributed by atoms with Crippen LogP contribution in [0.3, 0.4) is 0 Å². The van der Waals surface area contributed by atoms with Gasteiger partial charge >= 0.3 is 11.9 Å². The summed E-state index contributed by atoms with van der Waals surface area (Å²) in [7, 11) is 0. The van der Waals surface area contributed by atoms with E-state index in [2.05, 4.69) is 10.6 Å². The van der Waals surface area contributed by atoms with Gasteiger partial charge in [-0.2, -0.15) is 0 Å². The minimum Gasteiger partial charge on any atom is -0.462 e. The zero-order chi connectivity index (χ0) is 24.1. The van der Waals surface area contributed by atoms with E-state index in [1.165, 1.54) is 18.3 Å². The van der Waals surface area contributed by atoms with E-state index >= 15 is 0 Å². The second-order valence-electron chi connectivity index (χ2n) is 10.6. The minimum absolute atomic E-state index is 0.0647. The van der Waals surface area contributed by atoms with Gasteiger partial charge in [-0.15, -0.1) is 11.3 Å². The van der Waals surface area contributed by atoms with Crippen molar-refractivity contribution >= 4 is 40.1 Å². The van der Waals surface area contributed by atoms with Gasteiger partial charge in [0.15, 0.2) is 6.61 Å². The number of carbonyl (C=O) groups excluding carboxylic acids is 4. The molecular formula is C25H32N2O6S. The molecule has 9 heteroatoms. The van der Waals surface area contributed by atoms with E-state index < -0.39 is 23.9 Å². The number of nitrogens with one attached hydrogen (secondary N) is 2. The zero-order valence-corrected chi connectivity index (χ0v) is 20.6. The highest BCUT2D eigenvalue weighted by Gasteiger charge is 2.61. The molecule has 5 aliphatic rings. The number of hydrogen-bond acceptors (Lipinski definition) is 7. The molecule has 2 amide bonds. The molecule has 4 bridgehead atoms. The van der Waals surface area contributed by atoms with Crippen LogP contribution in [0.25, 0.3) is 0 Å². The largest absolute Gasteiger partial charge is 0.462 e. The number of esters is 2. The Morgan fingerprint density at radius 3 is 2.47 bits per heavy atom. The summed E-state index contributed by atoms with van der Waals surface area (Å²) in [6.07, 6.45) is 7.70. The van der Waals surface area contributed by atoms with Crippen LogP contribution in [0.1, 0.15) is 79.6 Å². The van der Waals surface area contributed by atoms with E-state index in [4.69, 9.17) is 9.47 Å². The van der Waals surface area contributed by atoms with Crippen LogP contribution in [-0.2, 0) is 36.7 Å². The van der Waals surface area contributed by atoms with Gasteiger partial charge in [0.1, 0.15) is 5.00 Å². The summed E-state index contributed by atoms with van der Waals surface area (Å²) in [4.78, 5) is 51.5. The Hall–Kier alpha value is -2.42. The number of hydrogen-bond donors (Lipinski definition) is 2. The van der Waals surface area contributed by atoms with Crippen LogP contribution >= 0.6 is 11.3 Å². The smallest absolute Gasteiger partial charge is 0.341 e. The first-order valence-electron chi connectivity index (χ1n) is 12.3. The molecule has 0 aromatic carbocycles. The van der Waals surface area contributed by atoms with Gasteiger partial charge in [-0.25, -0.2) is 4.79 Å². The van der Waals surface area contributed by atoms with Gasteiger partial charge in [0.25, 0.3) is 5.91 Å². The summed E-state index contributed by atoms with van der Waals surface area (Å²) < 4.78 is 10.8. The molecule has 1 heterocycles. The van der Waals surface area contributed by atoms with Crippen molar-refractivity contribution in [3.05, 3.63) is 16.0 Å². The van der Waals surface area contributed by atoms with E-state index in [1.54, 1.807) is 6.92 Å². The van der Waals surface area contributed by atoms with Gasteiger partial charge in [0, 0.05) is 17.3 Å². The van der Waals surface area contributed by atoms with Crippen LogP contribution in [0.5, 0.6) is 0 Å². The molecule has 1 aromatic rings. The SMILES string of the molecule is CCOC(=O)c1c(NC(=O)COC(=O)C23C[C@H]4C[C@@H](CC(NC(C)=O)(C4)C2)C3)sc2c1CCC2. The molecule has 4 saturated carbocycles. The lowest BCUT2D eigenvalue weighted by molar-refractivity contribution is -0.176. The van der Waals surface area contributed by atoms with E-state index in [0.29, 0.717) is 28.8 Å². The third-order valence-corrected chi connectivity index (χ3v) is 9.13. The average molecular weight is 489 g/mol. The lowest BCUT2D eigenvalue weighted by Gasteiger charge is -2.60. The predicted molar refractivity (Wildman–Crippen MR) is 126 cm³/mol. The quantitative estimate of drug-likeness (QED) is 0.570. The van der Waals surface area contributed by atoms with Crippen LogP contribution in [-0.4, -0.2) is 42.5 Å². The van der Waals surface area contributed by atoms with Gasteiger partial charge in [-0.3, -0.25) is 14.4 Å². The maximum Gasteiger partial charge on any atom is 0.341 e. The van der Waals surface area contributed by atoms with Gasteiger partial charge in [0.2, 0.25) is 5.91 Å². The predicted octanol–water partition coefficient (Wildman–Crippen LogP) is 3.37. The van der Waals surface area contributed by atoms with Crippen LogP contribution in [0.15, 0.2) is 0 Å². The summed E-state index contributed by atoms with van der Waals surface area (Å²) in [5.41, 5.74) is 0.445. The second-order valence-corrected chi connectivity index (χ2v) is 11.7. The van der Waals surface area contributed by atoms with Crippen LogP contribution in [0, 0.1) is 17.3 Å². The first-order valence-corrected chi connectivity index (χ1v) is 13.1. The number of carbonyl (C=O) groups is 4. The van der Waals surface area contributed by atoms with E-state index in [0.717, 1.165) is 61.8 Å². The monoisotopic (exact) mass is 488 g/mol. The summed E-state index contributed by atoms with van der Waals surface area (Å²) in [5.74, 6) is -0.493. The topological polar surface area (TPSA) is 111 Å². The third kappa shape index (κ3) is 4.12. The van der Waals surface area contributed by atoms with Crippen molar-refractivity contribution in [2.75, 3.05) is 18.5 Å². The Morgan fingerprint density at radius 2 is 1.79 bits per heavy atom. The molecule has 184 valence electrons. The normalized spacial score (nSPS) is 30.5. The Bertz CT molecular complexity index is 1030. The molecule has 0 saturated heterocycles. The fourth-order valence-corrected chi connectivity index (χ4v) is 8.67. The Morgan fingerprint density at radius 1 is 1.06 bits per heavy atom. The highest BCUT2D eigenvalue weighted by atomic mass is 32.1. The van der Waals surface area contributed by atoms with Crippen molar-refractivity contribution in [3.8, 4) is 0 Å². The van der Waals surface area contributed by atoms with Crippen molar-refractivity contribution in [1.29, 1.82) is 0 Å². The molecule has 2 N–H and O–H groups in total. The standard InChI is InChI=1S/C25H32N2O6S/c1-3-32-22(30)20-17-5-4-6-18(17)34-21(20)26-19(29)12-33-23(31)24-8-15-7-16(9-24)11-25(10-15,13-24)27-14(2)28/h15-16H,3-13H2,1-2H3,(H,26,29)(H,27,28)/t15-,16-,24?,25?/m1/s1. The van der Waals surface area contributed by atoms with Gasteiger partial charge in [-0.1, -0.05) is 0 Å². The Kier molecular flexibility index (Phi) is 5.94. The van der Waals surface area contributed by atoms with Crippen molar-refractivity contribution in [2.24, 2.45) is 17.3 Å². The molecule has 4 fully saturated rings. The van der Waals surface area contributed by atoms with Crippen LogP contribution in [0.4, 0.5) is 5.00 Å². The molecule has 5 aliphatic carbocycles. The highest BCUT2D eigenvalue weighted by molar-refractivity contribution is 7.17.